The maximum atomic E-state index is 12.1. The van der Waals surface area contributed by atoms with Crippen LogP contribution in [-0.4, -0.2) is 20.6 Å². The van der Waals surface area contributed by atoms with Crippen molar-refractivity contribution < 1.29 is 13.2 Å². The number of sulfone groups is 1. The number of carbonyl (C=O) groups is 1. The zero-order chi connectivity index (χ0) is 15.6. The lowest BCUT2D eigenvalue weighted by molar-refractivity contribution is 0.0943. The average Bonchev–Trinajstić information content (AvgIpc) is 2.84. The summed E-state index contributed by atoms with van der Waals surface area (Å²) in [6, 6.07) is 8.29. The van der Waals surface area contributed by atoms with Crippen LogP contribution in [0.3, 0.4) is 0 Å². The van der Waals surface area contributed by atoms with Gasteiger partial charge in [-0.2, -0.15) is 0 Å². The minimum Gasteiger partial charge on any atom is -0.345 e. The maximum Gasteiger partial charge on any atom is 0.262 e. The molecule has 0 saturated heterocycles. The molecule has 0 aliphatic carbocycles. The fourth-order valence-electron chi connectivity index (χ4n) is 1.95. The van der Waals surface area contributed by atoms with E-state index in [0.29, 0.717) is 4.88 Å². The van der Waals surface area contributed by atoms with Gasteiger partial charge in [0.05, 0.1) is 15.8 Å². The molecule has 0 aliphatic heterocycles. The van der Waals surface area contributed by atoms with Crippen molar-refractivity contribution in [2.24, 2.45) is 0 Å². The predicted octanol–water partition coefficient (Wildman–Crippen LogP) is 2.95. The predicted molar refractivity (Wildman–Crippen MR) is 84.5 cm³/mol. The third-order valence-corrected chi connectivity index (χ3v) is 5.37. The van der Waals surface area contributed by atoms with Gasteiger partial charge in [0, 0.05) is 6.26 Å². The second kappa shape index (κ2) is 5.99. The minimum atomic E-state index is -3.20. The number of carbonyl (C=O) groups excluding carboxylic acids is 1. The van der Waals surface area contributed by atoms with Gasteiger partial charge in [-0.1, -0.05) is 12.1 Å². The molecule has 6 heteroatoms. The molecule has 1 heterocycles. The van der Waals surface area contributed by atoms with Gasteiger partial charge >= 0.3 is 0 Å². The Hall–Kier alpha value is -1.66. The number of hydrogen-bond donors (Lipinski definition) is 1. The molecule has 0 fully saturated rings. The minimum absolute atomic E-state index is 0.109. The zero-order valence-electron chi connectivity index (χ0n) is 12.1. The highest BCUT2D eigenvalue weighted by Gasteiger charge is 2.15. The summed E-state index contributed by atoms with van der Waals surface area (Å²) in [7, 11) is -3.20. The summed E-state index contributed by atoms with van der Waals surface area (Å²) >= 11 is 1.41. The number of thiophene rings is 1. The van der Waals surface area contributed by atoms with Crippen molar-refractivity contribution in [2.45, 2.75) is 24.8 Å². The molecule has 1 aromatic carbocycles. The largest absolute Gasteiger partial charge is 0.345 e. The number of aryl methyl sites for hydroxylation is 1. The van der Waals surface area contributed by atoms with Gasteiger partial charge in [-0.05, 0) is 48.6 Å². The molecular weight excluding hydrogens is 306 g/mol. The van der Waals surface area contributed by atoms with E-state index >= 15 is 0 Å². The van der Waals surface area contributed by atoms with E-state index in [0.717, 1.165) is 11.1 Å². The molecule has 4 nitrogen and oxygen atoms in total. The molecule has 2 rings (SSSR count). The lowest BCUT2D eigenvalue weighted by Gasteiger charge is -2.14. The van der Waals surface area contributed by atoms with Crippen LogP contribution in [0, 0.1) is 6.92 Å². The Kier molecular flexibility index (Phi) is 4.49. The van der Waals surface area contributed by atoms with Crippen LogP contribution in [0.25, 0.3) is 0 Å². The van der Waals surface area contributed by atoms with Crippen LogP contribution < -0.4 is 5.32 Å². The first-order valence-electron chi connectivity index (χ1n) is 6.44. The Morgan fingerprint density at radius 2 is 1.81 bits per heavy atom. The van der Waals surface area contributed by atoms with E-state index in [1.165, 1.54) is 17.6 Å². The molecule has 0 saturated carbocycles. The molecule has 1 amide bonds. The van der Waals surface area contributed by atoms with Crippen LogP contribution in [0.4, 0.5) is 0 Å². The van der Waals surface area contributed by atoms with Gasteiger partial charge in [0.15, 0.2) is 9.84 Å². The Morgan fingerprint density at radius 3 is 2.29 bits per heavy atom. The monoisotopic (exact) mass is 323 g/mol. The highest BCUT2D eigenvalue weighted by atomic mass is 32.2. The molecule has 2 aromatic rings. The molecule has 1 N–H and O–H groups in total. The first-order chi connectivity index (χ1) is 9.79. The highest BCUT2D eigenvalue weighted by Crippen LogP contribution is 2.19. The summed E-state index contributed by atoms with van der Waals surface area (Å²) in [6.45, 7) is 3.77. The summed E-state index contributed by atoms with van der Waals surface area (Å²) in [6.07, 6.45) is 1.17. The third-order valence-electron chi connectivity index (χ3n) is 3.22. The number of hydrogen-bond acceptors (Lipinski definition) is 4. The second-order valence-corrected chi connectivity index (χ2v) is 7.90. The number of benzene rings is 1. The summed E-state index contributed by atoms with van der Waals surface area (Å²) in [5.41, 5.74) is 1.82. The summed E-state index contributed by atoms with van der Waals surface area (Å²) in [5.74, 6) is -0.109. The van der Waals surface area contributed by atoms with E-state index < -0.39 is 9.84 Å². The lowest BCUT2D eigenvalue weighted by Crippen LogP contribution is -2.26. The van der Waals surface area contributed by atoms with Crippen LogP contribution >= 0.6 is 11.3 Å². The highest BCUT2D eigenvalue weighted by molar-refractivity contribution is 7.90. The fourth-order valence-corrected chi connectivity index (χ4v) is 3.41. The maximum absolute atomic E-state index is 12.1. The van der Waals surface area contributed by atoms with Crippen LogP contribution in [0.5, 0.6) is 0 Å². The van der Waals surface area contributed by atoms with Crippen LogP contribution in [-0.2, 0) is 9.84 Å². The Bertz CT molecular complexity index is 745. The van der Waals surface area contributed by atoms with Crippen molar-refractivity contribution in [1.29, 1.82) is 0 Å². The number of nitrogens with one attached hydrogen (secondary N) is 1. The van der Waals surface area contributed by atoms with E-state index in [4.69, 9.17) is 0 Å². The normalized spacial score (nSPS) is 12.9. The zero-order valence-corrected chi connectivity index (χ0v) is 13.7. The second-order valence-electron chi connectivity index (χ2n) is 4.97. The summed E-state index contributed by atoms with van der Waals surface area (Å²) < 4.78 is 22.8. The molecule has 1 unspecified atom stereocenters. The molecule has 21 heavy (non-hydrogen) atoms. The molecule has 1 aromatic heterocycles. The van der Waals surface area contributed by atoms with E-state index in [2.05, 4.69) is 5.32 Å². The van der Waals surface area contributed by atoms with Gasteiger partial charge in [-0.3, -0.25) is 4.79 Å². The fraction of sp³-hybridized carbons (Fsp3) is 0.267. The first kappa shape index (κ1) is 15.7. The molecule has 0 radical (unpaired) electrons. The van der Waals surface area contributed by atoms with Crippen molar-refractivity contribution in [3.8, 4) is 0 Å². The Balaban J connectivity index is 2.12. The molecule has 0 spiro atoms. The van der Waals surface area contributed by atoms with Crippen molar-refractivity contribution in [3.05, 3.63) is 51.7 Å². The molecular formula is C15H17NO3S2. The van der Waals surface area contributed by atoms with Crippen LogP contribution in [0.1, 0.15) is 33.8 Å². The van der Waals surface area contributed by atoms with E-state index in [9.17, 15) is 13.2 Å². The third kappa shape index (κ3) is 3.71. The van der Waals surface area contributed by atoms with Gasteiger partial charge < -0.3 is 5.32 Å². The van der Waals surface area contributed by atoms with E-state index in [1.54, 1.807) is 24.3 Å². The summed E-state index contributed by atoms with van der Waals surface area (Å²) in [4.78, 5) is 13.1. The van der Waals surface area contributed by atoms with Crippen molar-refractivity contribution in [3.63, 3.8) is 0 Å². The van der Waals surface area contributed by atoms with Gasteiger partial charge in [0.2, 0.25) is 0 Å². The Labute approximate surface area is 128 Å². The van der Waals surface area contributed by atoms with Crippen LogP contribution in [0.15, 0.2) is 40.6 Å². The van der Waals surface area contributed by atoms with Crippen molar-refractivity contribution in [1.82, 2.24) is 5.32 Å². The van der Waals surface area contributed by atoms with Crippen molar-refractivity contribution >= 4 is 27.1 Å². The SMILES string of the molecule is Cc1ccsc1C(=O)NC(C)c1ccc(S(C)(=O)=O)cc1. The van der Waals surface area contributed by atoms with E-state index in [1.807, 2.05) is 25.3 Å². The van der Waals surface area contributed by atoms with Gasteiger partial charge in [0.1, 0.15) is 0 Å². The topological polar surface area (TPSA) is 63.2 Å². The van der Waals surface area contributed by atoms with E-state index in [-0.39, 0.29) is 16.8 Å². The van der Waals surface area contributed by atoms with Crippen LogP contribution in [0.2, 0.25) is 0 Å². The quantitative estimate of drug-likeness (QED) is 0.941. The molecule has 1 atom stereocenters. The van der Waals surface area contributed by atoms with Crippen molar-refractivity contribution in [2.75, 3.05) is 6.26 Å². The first-order valence-corrected chi connectivity index (χ1v) is 9.21. The molecule has 0 bridgehead atoms. The lowest BCUT2D eigenvalue weighted by atomic mass is 10.1. The Morgan fingerprint density at radius 1 is 1.19 bits per heavy atom. The number of amides is 1. The smallest absolute Gasteiger partial charge is 0.262 e. The summed E-state index contributed by atoms with van der Waals surface area (Å²) in [5, 5.41) is 4.80. The standard InChI is InChI=1S/C15H17NO3S2/c1-10-8-9-20-14(10)15(17)16-11(2)12-4-6-13(7-5-12)21(3,18)19/h4-9,11H,1-3H3,(H,16,17). The van der Waals surface area contributed by atoms with Gasteiger partial charge in [0.25, 0.3) is 5.91 Å². The van der Waals surface area contributed by atoms with Gasteiger partial charge in [-0.25, -0.2) is 8.42 Å². The number of rotatable bonds is 4. The van der Waals surface area contributed by atoms with Gasteiger partial charge in [-0.15, -0.1) is 11.3 Å². The molecule has 112 valence electrons. The molecule has 0 aliphatic rings. The average molecular weight is 323 g/mol.